The fourth-order valence-electron chi connectivity index (χ4n) is 7.55. The number of amides is 1. The summed E-state index contributed by atoms with van der Waals surface area (Å²) in [5, 5.41) is 8.81. The first-order valence-electron chi connectivity index (χ1n) is 19.8. The summed E-state index contributed by atoms with van der Waals surface area (Å²) in [5.74, 6) is 1.23. The van der Waals surface area contributed by atoms with Crippen molar-refractivity contribution in [2.45, 2.75) is 124 Å². The van der Waals surface area contributed by atoms with Crippen molar-refractivity contribution in [3.8, 4) is 17.2 Å². The fourth-order valence-corrected chi connectivity index (χ4v) is 7.55. The van der Waals surface area contributed by atoms with Crippen LogP contribution in [0.1, 0.15) is 143 Å². The van der Waals surface area contributed by atoms with E-state index in [1.54, 1.807) is 36.4 Å². The van der Waals surface area contributed by atoms with E-state index in [1.165, 1.54) is 96.3 Å². The minimum Gasteiger partial charge on any atom is -0.493 e. The Morgan fingerprint density at radius 2 is 0.833 bits per heavy atom. The maximum absolute atomic E-state index is 10.9. The molecule has 9 heteroatoms. The third kappa shape index (κ3) is 15.2. The van der Waals surface area contributed by atoms with Crippen LogP contribution in [0.3, 0.4) is 0 Å². The molecule has 5 N–H and O–H groups in total. The molecule has 6 rings (SSSR count). The highest BCUT2D eigenvalue weighted by Crippen LogP contribution is 2.38. The molecular formula is C45H65ClN2O6. The molecule has 0 saturated heterocycles. The van der Waals surface area contributed by atoms with E-state index < -0.39 is 11.9 Å². The van der Waals surface area contributed by atoms with Gasteiger partial charge in [-0.2, -0.15) is 0 Å². The van der Waals surface area contributed by atoms with Crippen LogP contribution < -0.4 is 25.7 Å². The van der Waals surface area contributed by atoms with Crippen LogP contribution in [0.25, 0.3) is 0 Å². The molecular weight excluding hydrogens is 700 g/mol. The predicted molar refractivity (Wildman–Crippen MR) is 220 cm³/mol. The number of halogens is 1. The van der Waals surface area contributed by atoms with Crippen molar-refractivity contribution in [2.75, 3.05) is 19.8 Å². The number of rotatable bonds is 12. The molecule has 298 valence electrons. The Morgan fingerprint density at radius 3 is 1.11 bits per heavy atom. The summed E-state index contributed by atoms with van der Waals surface area (Å²) in [6.45, 7) is 9.83. The molecule has 8 nitrogen and oxygen atoms in total. The lowest BCUT2D eigenvalue weighted by molar-refractivity contribution is 0.0696. The minimum atomic E-state index is -0.902. The molecule has 0 bridgehead atoms. The maximum atomic E-state index is 10.9. The Morgan fingerprint density at radius 1 is 0.537 bits per heavy atom. The second kappa shape index (κ2) is 22.0. The number of hydrogen-bond acceptors (Lipinski definition) is 6. The molecule has 0 spiro atoms. The minimum absolute atomic E-state index is 0. The quantitative estimate of drug-likeness (QED) is 0.167. The van der Waals surface area contributed by atoms with E-state index in [0.29, 0.717) is 28.5 Å². The van der Waals surface area contributed by atoms with Crippen molar-refractivity contribution in [2.24, 2.45) is 27.7 Å². The molecule has 54 heavy (non-hydrogen) atoms. The first-order chi connectivity index (χ1) is 25.4. The van der Waals surface area contributed by atoms with Crippen LogP contribution in [0.4, 0.5) is 0 Å². The van der Waals surface area contributed by atoms with E-state index in [9.17, 15) is 9.59 Å². The zero-order valence-corrected chi connectivity index (χ0v) is 33.7. The van der Waals surface area contributed by atoms with Gasteiger partial charge in [-0.15, -0.1) is 12.4 Å². The lowest BCUT2D eigenvalue weighted by Gasteiger charge is -2.33. The Balaban J connectivity index is 0.000000216. The predicted octanol–water partition coefficient (Wildman–Crippen LogP) is 10.8. The van der Waals surface area contributed by atoms with E-state index in [-0.39, 0.29) is 17.8 Å². The van der Waals surface area contributed by atoms with Crippen LogP contribution in [0.2, 0.25) is 0 Å². The highest BCUT2D eigenvalue weighted by atomic mass is 35.5. The average molecular weight is 765 g/mol. The molecule has 3 aromatic carbocycles. The van der Waals surface area contributed by atoms with E-state index in [4.69, 9.17) is 30.8 Å². The van der Waals surface area contributed by atoms with E-state index in [1.807, 2.05) is 36.4 Å². The summed E-state index contributed by atoms with van der Waals surface area (Å²) in [4.78, 5) is 21.7. The van der Waals surface area contributed by atoms with Crippen LogP contribution in [0.5, 0.6) is 17.2 Å². The van der Waals surface area contributed by atoms with Crippen molar-refractivity contribution < 1.29 is 28.9 Å². The van der Waals surface area contributed by atoms with Gasteiger partial charge in [0.2, 0.25) is 5.91 Å². The maximum Gasteiger partial charge on any atom is 0.335 e. The molecule has 1 amide bonds. The highest BCUT2D eigenvalue weighted by molar-refractivity contribution is 5.92. The van der Waals surface area contributed by atoms with E-state index in [2.05, 4.69) is 20.8 Å². The van der Waals surface area contributed by atoms with Crippen molar-refractivity contribution in [1.82, 2.24) is 0 Å². The number of carbonyl (C=O) groups excluding carboxylic acids is 1. The number of benzene rings is 3. The largest absolute Gasteiger partial charge is 0.493 e. The molecule has 3 aliphatic rings. The molecule has 3 aliphatic carbocycles. The zero-order chi connectivity index (χ0) is 38.2. The van der Waals surface area contributed by atoms with Crippen molar-refractivity contribution >= 4 is 24.3 Å². The normalized spacial score (nSPS) is 18.1. The molecule has 0 unspecified atom stereocenters. The standard InChI is InChI=1S/C15H21NO2.C15H23NO.C15H20O3.ClH/c1-15(9-3-2-4-10-15)11-18-13-7-5-12(6-8-13)14(16)17;1-15(9-3-2-4-10-15)12-17-14-7-5-13(11-16)6-8-14;1-15(9-3-2-4-10-15)11-18-13-7-5-12(6-8-13)14(16)17;/h5-8H,2-4,9-11H2,1H3,(H2,16,17);5-8H,2-4,9-12,16H2,1H3;5-8H,2-4,9-11H2,1H3,(H,16,17);1H. The number of carboxylic acids is 1. The molecule has 0 aromatic heterocycles. The Labute approximate surface area is 330 Å². The third-order valence-corrected chi connectivity index (χ3v) is 11.3. The average Bonchev–Trinajstić information content (AvgIpc) is 3.17. The van der Waals surface area contributed by atoms with Crippen LogP contribution in [0.15, 0.2) is 72.8 Å². The van der Waals surface area contributed by atoms with Gasteiger partial charge in [-0.25, -0.2) is 4.79 Å². The lowest BCUT2D eigenvalue weighted by atomic mass is 9.76. The van der Waals surface area contributed by atoms with Gasteiger partial charge in [0.25, 0.3) is 0 Å². The van der Waals surface area contributed by atoms with E-state index in [0.717, 1.165) is 42.6 Å². The van der Waals surface area contributed by atoms with Gasteiger partial charge < -0.3 is 30.8 Å². The number of ether oxygens (including phenoxy) is 3. The second-order valence-electron chi connectivity index (χ2n) is 16.5. The third-order valence-electron chi connectivity index (χ3n) is 11.3. The topological polar surface area (TPSA) is 134 Å². The number of primary amides is 1. The molecule has 0 aliphatic heterocycles. The van der Waals surface area contributed by atoms with Crippen LogP contribution in [-0.2, 0) is 6.54 Å². The molecule has 3 saturated carbocycles. The van der Waals surface area contributed by atoms with E-state index >= 15 is 0 Å². The summed E-state index contributed by atoms with van der Waals surface area (Å²) < 4.78 is 17.5. The highest BCUT2D eigenvalue weighted by Gasteiger charge is 2.29. The van der Waals surface area contributed by atoms with Gasteiger partial charge in [0.05, 0.1) is 25.4 Å². The summed E-state index contributed by atoms with van der Waals surface area (Å²) >= 11 is 0. The van der Waals surface area contributed by atoms with Gasteiger partial charge in [-0.3, -0.25) is 4.79 Å². The summed E-state index contributed by atoms with van der Waals surface area (Å²) in [7, 11) is 0. The first-order valence-corrected chi connectivity index (χ1v) is 19.8. The van der Waals surface area contributed by atoms with Gasteiger partial charge >= 0.3 is 5.97 Å². The van der Waals surface area contributed by atoms with Crippen molar-refractivity contribution in [1.29, 1.82) is 0 Å². The van der Waals surface area contributed by atoms with Gasteiger partial charge in [-0.1, -0.05) is 90.7 Å². The van der Waals surface area contributed by atoms with Crippen LogP contribution in [0, 0.1) is 16.2 Å². The van der Waals surface area contributed by atoms with Crippen molar-refractivity contribution in [3.63, 3.8) is 0 Å². The number of carboxylic acid groups (broad SMARTS) is 1. The van der Waals surface area contributed by atoms with Crippen molar-refractivity contribution in [3.05, 3.63) is 89.5 Å². The first kappa shape index (κ1) is 44.6. The molecule has 0 heterocycles. The number of carbonyl (C=O) groups is 2. The van der Waals surface area contributed by atoms with Gasteiger partial charge in [0, 0.05) is 28.4 Å². The monoisotopic (exact) mass is 764 g/mol. The zero-order valence-electron chi connectivity index (χ0n) is 32.9. The SMILES string of the molecule is CC1(COc2ccc(C(=O)O)cc2)CCCCC1.CC1(COc2ccc(C(N)=O)cc2)CCCCC1.CC1(COc2ccc(CN)cc2)CCCCC1.Cl. The van der Waals surface area contributed by atoms with Gasteiger partial charge in [-0.05, 0) is 105 Å². The number of hydrogen-bond donors (Lipinski definition) is 3. The number of nitrogens with two attached hydrogens (primary N) is 2. The summed E-state index contributed by atoms with van der Waals surface area (Å²) in [6.07, 6.45) is 19.5. The molecule has 0 radical (unpaired) electrons. The summed E-state index contributed by atoms with van der Waals surface area (Å²) in [5.41, 5.74) is 13.7. The molecule has 3 fully saturated rings. The smallest absolute Gasteiger partial charge is 0.335 e. The molecule has 3 aromatic rings. The second-order valence-corrected chi connectivity index (χ2v) is 16.5. The van der Waals surface area contributed by atoms with Crippen LogP contribution >= 0.6 is 12.4 Å². The van der Waals surface area contributed by atoms with Gasteiger partial charge in [0.1, 0.15) is 17.2 Å². The Hall–Kier alpha value is -3.75. The molecule has 0 atom stereocenters. The van der Waals surface area contributed by atoms with Gasteiger partial charge in [0.15, 0.2) is 0 Å². The fraction of sp³-hybridized carbons (Fsp3) is 0.556. The van der Waals surface area contributed by atoms with Crippen LogP contribution in [-0.4, -0.2) is 36.8 Å². The number of aromatic carboxylic acids is 1. The summed E-state index contributed by atoms with van der Waals surface area (Å²) in [6, 6.07) is 21.8. The Bertz CT molecular complexity index is 1440. The lowest BCUT2D eigenvalue weighted by Crippen LogP contribution is -2.27. The Kier molecular flexibility index (Phi) is 18.2.